The van der Waals surface area contributed by atoms with Crippen LogP contribution in [0.25, 0.3) is 10.9 Å². The third kappa shape index (κ3) is 3.79. The summed E-state index contributed by atoms with van der Waals surface area (Å²) in [7, 11) is 0. The number of aromatic nitrogens is 1. The lowest BCUT2D eigenvalue weighted by Crippen LogP contribution is -2.58. The number of para-hydroxylation sites is 1. The van der Waals surface area contributed by atoms with Crippen molar-refractivity contribution < 1.29 is 14.4 Å². The van der Waals surface area contributed by atoms with E-state index in [4.69, 9.17) is 0 Å². The summed E-state index contributed by atoms with van der Waals surface area (Å²) in [5.74, 6) is -0.748. The van der Waals surface area contributed by atoms with Gasteiger partial charge in [0.25, 0.3) is 5.91 Å². The first-order chi connectivity index (χ1) is 16.8. The highest BCUT2D eigenvalue weighted by molar-refractivity contribution is 6.04. The first-order valence-corrected chi connectivity index (χ1v) is 12.4. The molecule has 0 radical (unpaired) electrons. The van der Waals surface area contributed by atoms with Crippen molar-refractivity contribution in [2.45, 2.75) is 64.7 Å². The average molecular weight is 473 g/mol. The van der Waals surface area contributed by atoms with E-state index in [-0.39, 0.29) is 35.7 Å². The van der Waals surface area contributed by atoms with Gasteiger partial charge in [-0.05, 0) is 42.5 Å². The van der Waals surface area contributed by atoms with Crippen LogP contribution in [0.1, 0.15) is 67.3 Å². The molecule has 1 aromatic heterocycles. The van der Waals surface area contributed by atoms with Crippen LogP contribution in [-0.2, 0) is 16.0 Å². The molecule has 0 saturated carbocycles. The van der Waals surface area contributed by atoms with Crippen LogP contribution in [0.5, 0.6) is 0 Å². The molecule has 182 valence electrons. The molecule has 0 aliphatic carbocycles. The molecule has 7 nitrogen and oxygen atoms in total. The number of H-pyrrole nitrogens is 1. The predicted molar refractivity (Wildman–Crippen MR) is 135 cm³/mol. The fourth-order valence-corrected chi connectivity index (χ4v) is 5.36. The van der Waals surface area contributed by atoms with Gasteiger partial charge in [0, 0.05) is 34.6 Å². The maximum absolute atomic E-state index is 13.8. The number of fused-ring (bicyclic) bond motifs is 7. The first-order valence-electron chi connectivity index (χ1n) is 12.4. The predicted octanol–water partition coefficient (Wildman–Crippen LogP) is 3.69. The molecule has 5 rings (SSSR count). The summed E-state index contributed by atoms with van der Waals surface area (Å²) in [6.45, 7) is 7.78. The Balaban J connectivity index is 1.54. The van der Waals surface area contributed by atoms with Crippen molar-refractivity contribution in [2.24, 2.45) is 5.92 Å². The van der Waals surface area contributed by atoms with Gasteiger partial charge in [0.1, 0.15) is 12.1 Å². The van der Waals surface area contributed by atoms with Crippen LogP contribution in [0.15, 0.2) is 48.5 Å². The molecule has 7 heteroatoms. The zero-order valence-electron chi connectivity index (χ0n) is 20.6. The van der Waals surface area contributed by atoms with Crippen LogP contribution in [0, 0.1) is 5.92 Å². The number of carbonyl (C=O) groups is 3. The zero-order chi connectivity index (χ0) is 24.9. The van der Waals surface area contributed by atoms with Gasteiger partial charge in [-0.15, -0.1) is 0 Å². The Kier molecular flexibility index (Phi) is 5.87. The molecule has 3 heterocycles. The van der Waals surface area contributed by atoms with Gasteiger partial charge in [-0.3, -0.25) is 14.4 Å². The third-order valence-electron chi connectivity index (χ3n) is 7.40. The second-order valence-electron chi connectivity index (χ2n) is 10.0. The molecule has 0 unspecified atom stereocenters. The number of aromatic amines is 1. The number of nitrogens with zero attached hydrogens (tertiary/aromatic N) is 1. The average Bonchev–Trinajstić information content (AvgIpc) is 3.37. The quantitative estimate of drug-likeness (QED) is 0.511. The fourth-order valence-electron chi connectivity index (χ4n) is 5.36. The van der Waals surface area contributed by atoms with Gasteiger partial charge in [0.15, 0.2) is 0 Å². The van der Waals surface area contributed by atoms with Crippen LogP contribution in [0.4, 0.5) is 0 Å². The maximum Gasteiger partial charge on any atom is 0.255 e. The van der Waals surface area contributed by atoms with E-state index in [9.17, 15) is 14.4 Å². The fraction of sp³-hybridized carbons (Fsp3) is 0.393. The van der Waals surface area contributed by atoms with Crippen molar-refractivity contribution in [3.63, 3.8) is 0 Å². The van der Waals surface area contributed by atoms with E-state index < -0.39 is 12.1 Å². The van der Waals surface area contributed by atoms with Crippen molar-refractivity contribution >= 4 is 28.6 Å². The van der Waals surface area contributed by atoms with E-state index in [1.54, 1.807) is 4.90 Å². The van der Waals surface area contributed by atoms with Gasteiger partial charge in [0.2, 0.25) is 11.8 Å². The Labute approximate surface area is 205 Å². The summed E-state index contributed by atoms with van der Waals surface area (Å²) in [4.78, 5) is 45.5. The molecule has 2 aliphatic heterocycles. The lowest BCUT2D eigenvalue weighted by Gasteiger charge is -2.38. The van der Waals surface area contributed by atoms with Crippen molar-refractivity contribution in [3.05, 3.63) is 70.9 Å². The highest BCUT2D eigenvalue weighted by Crippen LogP contribution is 2.46. The van der Waals surface area contributed by atoms with Gasteiger partial charge >= 0.3 is 0 Å². The largest absolute Gasteiger partial charge is 0.356 e. The molecule has 3 amide bonds. The van der Waals surface area contributed by atoms with Crippen molar-refractivity contribution in [3.8, 4) is 0 Å². The third-order valence-corrected chi connectivity index (χ3v) is 7.40. The van der Waals surface area contributed by atoms with E-state index in [1.165, 1.54) is 0 Å². The molecular weight excluding hydrogens is 440 g/mol. The number of hydrogen-bond acceptors (Lipinski definition) is 3. The lowest BCUT2D eigenvalue weighted by atomic mass is 9.89. The second kappa shape index (κ2) is 8.87. The SMILES string of the molecule is CC[C@H](C)NC(=O)[C@H](NC(=O)[C@H]1Cc2c([nH]c3ccccc23)[C@@H]2c3ccccc3C(=O)N21)C(C)C. The maximum atomic E-state index is 13.8. The van der Waals surface area contributed by atoms with Crippen molar-refractivity contribution in [2.75, 3.05) is 0 Å². The molecule has 0 bridgehead atoms. The molecule has 4 atom stereocenters. The number of benzene rings is 2. The normalized spacial score (nSPS) is 20.3. The Morgan fingerprint density at radius 3 is 2.51 bits per heavy atom. The second-order valence-corrected chi connectivity index (χ2v) is 10.0. The van der Waals surface area contributed by atoms with Gasteiger partial charge in [-0.1, -0.05) is 57.2 Å². The topological polar surface area (TPSA) is 94.3 Å². The molecular formula is C28H32N4O3. The summed E-state index contributed by atoms with van der Waals surface area (Å²) in [5, 5.41) is 7.04. The minimum absolute atomic E-state index is 0.0168. The molecule has 2 aliphatic rings. The van der Waals surface area contributed by atoms with Crippen LogP contribution in [-0.4, -0.2) is 45.7 Å². The Hall–Kier alpha value is -3.61. The minimum Gasteiger partial charge on any atom is -0.356 e. The van der Waals surface area contributed by atoms with Crippen molar-refractivity contribution in [1.29, 1.82) is 0 Å². The molecule has 0 spiro atoms. The highest BCUT2D eigenvalue weighted by Gasteiger charge is 2.49. The number of carbonyl (C=O) groups excluding carboxylic acids is 3. The Morgan fingerprint density at radius 1 is 1.06 bits per heavy atom. The van der Waals surface area contributed by atoms with Gasteiger partial charge in [0.05, 0.1) is 6.04 Å². The highest BCUT2D eigenvalue weighted by atomic mass is 16.2. The standard InChI is InChI=1S/C28H32N4O3/c1-5-16(4)29-27(34)23(15(2)3)31-26(33)22-14-20-17-10-8-9-13-21(17)30-24(20)25-18-11-6-7-12-19(18)28(35)32(22)25/h6-13,15-16,22-23,25,30H,5,14H2,1-4H3,(H,29,34)(H,31,33)/t16-,22+,23+,25-/m0/s1. The summed E-state index contributed by atoms with van der Waals surface area (Å²) in [6.07, 6.45) is 1.19. The molecule has 0 saturated heterocycles. The molecule has 2 aromatic carbocycles. The monoisotopic (exact) mass is 472 g/mol. The van der Waals surface area contributed by atoms with E-state index in [1.807, 2.05) is 70.2 Å². The number of amides is 3. The zero-order valence-corrected chi connectivity index (χ0v) is 20.6. The Bertz CT molecular complexity index is 1310. The van der Waals surface area contributed by atoms with Crippen molar-refractivity contribution in [1.82, 2.24) is 20.5 Å². The van der Waals surface area contributed by atoms with E-state index in [2.05, 4.69) is 21.7 Å². The van der Waals surface area contributed by atoms with Crippen LogP contribution in [0.3, 0.4) is 0 Å². The van der Waals surface area contributed by atoms with Gasteiger partial charge in [-0.25, -0.2) is 0 Å². The lowest BCUT2D eigenvalue weighted by molar-refractivity contribution is -0.133. The van der Waals surface area contributed by atoms with Gasteiger partial charge < -0.3 is 20.5 Å². The van der Waals surface area contributed by atoms with E-state index in [0.717, 1.165) is 34.1 Å². The summed E-state index contributed by atoms with van der Waals surface area (Å²) < 4.78 is 0. The number of rotatable bonds is 6. The van der Waals surface area contributed by atoms with Gasteiger partial charge in [-0.2, -0.15) is 0 Å². The smallest absolute Gasteiger partial charge is 0.255 e. The summed E-state index contributed by atoms with van der Waals surface area (Å²) >= 11 is 0. The molecule has 3 N–H and O–H groups in total. The molecule has 3 aromatic rings. The molecule has 35 heavy (non-hydrogen) atoms. The van der Waals surface area contributed by atoms with Crippen LogP contribution in [0.2, 0.25) is 0 Å². The van der Waals surface area contributed by atoms with Crippen LogP contribution >= 0.6 is 0 Å². The molecule has 0 fully saturated rings. The first kappa shape index (κ1) is 23.1. The van der Waals surface area contributed by atoms with E-state index >= 15 is 0 Å². The summed E-state index contributed by atoms with van der Waals surface area (Å²) in [6, 6.07) is 13.8. The van der Waals surface area contributed by atoms with Crippen LogP contribution < -0.4 is 10.6 Å². The number of nitrogens with one attached hydrogen (secondary N) is 3. The Morgan fingerprint density at radius 2 is 1.77 bits per heavy atom. The minimum atomic E-state index is -0.718. The van der Waals surface area contributed by atoms with E-state index in [0.29, 0.717) is 12.0 Å². The number of hydrogen-bond donors (Lipinski definition) is 3. The summed E-state index contributed by atoms with van der Waals surface area (Å²) in [5.41, 5.74) is 4.53.